The van der Waals surface area contributed by atoms with Crippen molar-refractivity contribution >= 4 is 78.6 Å². The fourth-order valence-corrected chi connectivity index (χ4v) is 8.48. The number of ether oxygens (including phenoxy) is 1. The molecule has 5 aromatic carbocycles. The van der Waals surface area contributed by atoms with Crippen LogP contribution in [0.25, 0.3) is 32.3 Å². The van der Waals surface area contributed by atoms with Crippen molar-refractivity contribution < 1.29 is 9.30 Å². The number of rotatable bonds is 2. The van der Waals surface area contributed by atoms with Gasteiger partial charge in [-0.05, 0) is 34.4 Å². The first-order chi connectivity index (χ1) is 14.5. The van der Waals surface area contributed by atoms with E-state index in [4.69, 9.17) is 27.9 Å². The van der Waals surface area contributed by atoms with E-state index in [2.05, 4.69) is 12.1 Å². The Balaban J connectivity index is 1.98. The van der Waals surface area contributed by atoms with E-state index >= 15 is 4.57 Å². The second-order valence-corrected chi connectivity index (χ2v) is 11.0. The lowest BCUT2D eigenvalue weighted by molar-refractivity contribution is 0.416. The van der Waals surface area contributed by atoms with Crippen LogP contribution in [0.5, 0.6) is 5.75 Å². The molecule has 2 nitrogen and oxygen atoms in total. The van der Waals surface area contributed by atoms with E-state index in [1.165, 1.54) is 0 Å². The van der Waals surface area contributed by atoms with Crippen LogP contribution in [0.3, 0.4) is 0 Å². The predicted molar refractivity (Wildman–Crippen MR) is 128 cm³/mol. The summed E-state index contributed by atoms with van der Waals surface area (Å²) in [6.45, 7) is 0. The maximum atomic E-state index is 15.1. The van der Waals surface area contributed by atoms with Crippen LogP contribution in [0.2, 0.25) is 10.0 Å². The van der Waals surface area contributed by atoms with Gasteiger partial charge in [-0.2, -0.15) is 0 Å². The van der Waals surface area contributed by atoms with Crippen molar-refractivity contribution in [1.82, 2.24) is 0 Å². The molecule has 1 unspecified atom stereocenters. The minimum atomic E-state index is -3.22. The third kappa shape index (κ3) is 2.19. The fraction of sp³-hybridized carbons (Fsp3) is 0.0400. The van der Waals surface area contributed by atoms with Crippen molar-refractivity contribution in [2.45, 2.75) is 0 Å². The van der Waals surface area contributed by atoms with Crippen LogP contribution in [0.15, 0.2) is 72.8 Å². The first kappa shape index (κ1) is 18.3. The van der Waals surface area contributed by atoms with Gasteiger partial charge in [-0.1, -0.05) is 77.8 Å². The van der Waals surface area contributed by atoms with Gasteiger partial charge in [0.05, 0.1) is 12.1 Å². The summed E-state index contributed by atoms with van der Waals surface area (Å²) in [6.07, 6.45) is 0. The monoisotopic (exact) mass is 448 g/mol. The first-order valence-corrected chi connectivity index (χ1v) is 12.0. The zero-order valence-electron chi connectivity index (χ0n) is 15.9. The van der Waals surface area contributed by atoms with Gasteiger partial charge in [0.2, 0.25) is 0 Å². The van der Waals surface area contributed by atoms with E-state index in [9.17, 15) is 0 Å². The number of benzene rings is 5. The highest BCUT2D eigenvalue weighted by atomic mass is 35.5. The molecule has 0 aromatic heterocycles. The highest BCUT2D eigenvalue weighted by Gasteiger charge is 2.38. The van der Waals surface area contributed by atoms with Crippen molar-refractivity contribution in [3.05, 3.63) is 82.8 Å². The van der Waals surface area contributed by atoms with Gasteiger partial charge in [0.1, 0.15) is 5.75 Å². The standard InChI is InChI=1S/C25H15Cl2O2P/c1-29-19-13-21-24-18(25(19)27)10-9-14-7-8-15-11-16(26)12-20(22(15)23(14)24)30(21,28)17-5-3-2-4-6-17/h2-13H,1H3. The number of hydrogen-bond acceptors (Lipinski definition) is 2. The highest BCUT2D eigenvalue weighted by molar-refractivity contribution is 7.86. The average Bonchev–Trinajstić information content (AvgIpc) is 2.77. The van der Waals surface area contributed by atoms with Crippen molar-refractivity contribution in [2.75, 3.05) is 7.11 Å². The molecular formula is C25H15Cl2O2P. The SMILES string of the molecule is COc1cc2c3c(ccc4ccc5cc(Cl)cc(c5c43)P2(=O)c2ccccc2)c1Cl. The van der Waals surface area contributed by atoms with Crippen LogP contribution < -0.4 is 20.7 Å². The van der Waals surface area contributed by atoms with E-state index in [0.29, 0.717) is 15.8 Å². The summed E-state index contributed by atoms with van der Waals surface area (Å²) in [7, 11) is -1.64. The lowest BCUT2D eigenvalue weighted by Crippen LogP contribution is -2.29. The Labute approximate surface area is 183 Å². The molecule has 0 N–H and O–H groups in total. The molecule has 0 spiro atoms. The summed E-state index contributed by atoms with van der Waals surface area (Å²) in [6, 6.07) is 23.4. The van der Waals surface area contributed by atoms with Gasteiger partial charge in [-0.15, -0.1) is 0 Å². The van der Waals surface area contributed by atoms with Gasteiger partial charge in [0.15, 0.2) is 7.14 Å². The molecule has 5 heteroatoms. The molecule has 1 heterocycles. The topological polar surface area (TPSA) is 26.3 Å². The minimum absolute atomic E-state index is 0.521. The van der Waals surface area contributed by atoms with Crippen LogP contribution in [-0.2, 0) is 4.57 Å². The van der Waals surface area contributed by atoms with Gasteiger partial charge in [0.25, 0.3) is 0 Å². The molecule has 0 bridgehead atoms. The Hall–Kier alpha value is -2.51. The molecule has 146 valence electrons. The normalized spacial score (nSPS) is 17.4. The Morgan fingerprint density at radius 3 is 2.23 bits per heavy atom. The van der Waals surface area contributed by atoms with E-state index in [-0.39, 0.29) is 0 Å². The molecule has 30 heavy (non-hydrogen) atoms. The molecule has 5 aromatic rings. The van der Waals surface area contributed by atoms with Gasteiger partial charge in [-0.25, -0.2) is 0 Å². The van der Waals surface area contributed by atoms with Crippen molar-refractivity contribution in [3.63, 3.8) is 0 Å². The van der Waals surface area contributed by atoms with Gasteiger partial charge < -0.3 is 9.30 Å². The third-order valence-electron chi connectivity index (χ3n) is 6.04. The van der Waals surface area contributed by atoms with Crippen LogP contribution >= 0.6 is 30.3 Å². The number of halogens is 2. The molecule has 0 amide bonds. The van der Waals surface area contributed by atoms with Crippen molar-refractivity contribution in [3.8, 4) is 5.75 Å². The third-order valence-corrected chi connectivity index (χ3v) is 9.73. The summed E-state index contributed by atoms with van der Waals surface area (Å²) in [5.41, 5.74) is 0. The van der Waals surface area contributed by atoms with Gasteiger partial charge in [0, 0.05) is 37.1 Å². The zero-order chi connectivity index (χ0) is 20.6. The van der Waals surface area contributed by atoms with E-state index in [1.54, 1.807) is 7.11 Å². The molecule has 0 saturated carbocycles. The molecule has 0 radical (unpaired) electrons. The number of methoxy groups -OCH3 is 1. The maximum absolute atomic E-state index is 15.1. The quantitative estimate of drug-likeness (QED) is 0.226. The second kappa shape index (κ2) is 6.25. The Bertz CT molecular complexity index is 1580. The molecule has 0 aliphatic carbocycles. The molecule has 1 aliphatic heterocycles. The van der Waals surface area contributed by atoms with Crippen molar-refractivity contribution in [2.24, 2.45) is 0 Å². The highest BCUT2D eigenvalue weighted by Crippen LogP contribution is 2.54. The molecule has 1 atom stereocenters. The fourth-order valence-electron chi connectivity index (χ4n) is 4.76. The summed E-state index contributed by atoms with van der Waals surface area (Å²) < 4.78 is 20.7. The molecule has 1 aliphatic rings. The number of hydrogen-bond donors (Lipinski definition) is 0. The average molecular weight is 449 g/mol. The second-order valence-electron chi connectivity index (χ2n) is 7.53. The molecular weight excluding hydrogens is 434 g/mol. The van der Waals surface area contributed by atoms with Crippen molar-refractivity contribution in [1.29, 1.82) is 0 Å². The van der Waals surface area contributed by atoms with Gasteiger partial charge >= 0.3 is 0 Å². The summed E-state index contributed by atoms with van der Waals surface area (Å²) in [5, 5.41) is 9.30. The summed E-state index contributed by atoms with van der Waals surface area (Å²) in [4.78, 5) is 0. The Morgan fingerprint density at radius 1 is 0.767 bits per heavy atom. The van der Waals surface area contributed by atoms with Crippen LogP contribution in [0.1, 0.15) is 0 Å². The maximum Gasteiger partial charge on any atom is 0.172 e. The van der Waals surface area contributed by atoms with Crippen LogP contribution in [0.4, 0.5) is 0 Å². The molecule has 6 rings (SSSR count). The largest absolute Gasteiger partial charge is 0.495 e. The minimum Gasteiger partial charge on any atom is -0.495 e. The van der Waals surface area contributed by atoms with Crippen LogP contribution in [-0.4, -0.2) is 7.11 Å². The first-order valence-electron chi connectivity index (χ1n) is 9.56. The van der Waals surface area contributed by atoms with E-state index in [1.807, 2.05) is 60.7 Å². The summed E-state index contributed by atoms with van der Waals surface area (Å²) >= 11 is 13.2. The molecule has 0 fully saturated rings. The summed E-state index contributed by atoms with van der Waals surface area (Å²) in [5.74, 6) is 0.521. The zero-order valence-corrected chi connectivity index (χ0v) is 18.4. The Morgan fingerprint density at radius 2 is 1.47 bits per heavy atom. The van der Waals surface area contributed by atoms with Crippen LogP contribution in [0, 0.1) is 0 Å². The Kier molecular flexibility index (Phi) is 3.81. The lowest BCUT2D eigenvalue weighted by atomic mass is 9.95. The van der Waals surface area contributed by atoms with E-state index in [0.717, 1.165) is 48.2 Å². The van der Waals surface area contributed by atoms with E-state index < -0.39 is 7.14 Å². The smallest absolute Gasteiger partial charge is 0.172 e. The predicted octanol–water partition coefficient (Wildman–Crippen LogP) is 6.41. The van der Waals surface area contributed by atoms with Gasteiger partial charge in [-0.3, -0.25) is 0 Å². The molecule has 0 saturated heterocycles. The lowest BCUT2D eigenvalue weighted by Gasteiger charge is -2.29.